The van der Waals surface area contributed by atoms with Gasteiger partial charge in [0.2, 0.25) is 0 Å². The number of imidazole rings is 1. The zero-order valence-electron chi connectivity index (χ0n) is 22.5. The SMILES string of the molecule is CCn1cc(-c2ccc(Cl)cc2Cl)nc1/C=C/c1ccc(-c2ccc(Oc3ccc(C(=O)OC)c(N)c3)cc2)cc1. The van der Waals surface area contributed by atoms with Crippen LogP contribution in [0.15, 0.2) is 91.1 Å². The van der Waals surface area contributed by atoms with Crippen molar-refractivity contribution in [1.82, 2.24) is 9.55 Å². The van der Waals surface area contributed by atoms with E-state index in [1.54, 1.807) is 24.3 Å². The van der Waals surface area contributed by atoms with Gasteiger partial charge < -0.3 is 19.8 Å². The Bertz CT molecular complexity index is 1730. The lowest BCUT2D eigenvalue weighted by Gasteiger charge is -2.10. The number of hydrogen-bond donors (Lipinski definition) is 1. The third-order valence-corrected chi connectivity index (χ3v) is 7.09. The van der Waals surface area contributed by atoms with E-state index in [9.17, 15) is 4.79 Å². The second-order valence-electron chi connectivity index (χ2n) is 9.22. The van der Waals surface area contributed by atoms with Crippen molar-refractivity contribution in [2.45, 2.75) is 13.5 Å². The number of hydrogen-bond acceptors (Lipinski definition) is 5. The molecule has 0 amide bonds. The highest BCUT2D eigenvalue weighted by Gasteiger charge is 2.12. The number of esters is 1. The average molecular weight is 585 g/mol. The average Bonchev–Trinajstić information content (AvgIpc) is 3.39. The second kappa shape index (κ2) is 12.3. The van der Waals surface area contributed by atoms with Crippen LogP contribution >= 0.6 is 23.2 Å². The molecule has 0 aliphatic rings. The first-order valence-corrected chi connectivity index (χ1v) is 13.7. The smallest absolute Gasteiger partial charge is 0.339 e. The lowest BCUT2D eigenvalue weighted by atomic mass is 10.0. The summed E-state index contributed by atoms with van der Waals surface area (Å²) in [4.78, 5) is 16.5. The zero-order chi connectivity index (χ0) is 28.9. The maximum Gasteiger partial charge on any atom is 0.339 e. The van der Waals surface area contributed by atoms with E-state index < -0.39 is 5.97 Å². The molecule has 0 bridgehead atoms. The highest BCUT2D eigenvalue weighted by Crippen LogP contribution is 2.31. The first-order valence-electron chi connectivity index (χ1n) is 12.9. The summed E-state index contributed by atoms with van der Waals surface area (Å²) < 4.78 is 12.7. The lowest BCUT2D eigenvalue weighted by Crippen LogP contribution is -2.05. The van der Waals surface area contributed by atoms with Gasteiger partial charge in [0.05, 0.1) is 23.4 Å². The van der Waals surface area contributed by atoms with E-state index in [0.717, 1.165) is 40.3 Å². The summed E-state index contributed by atoms with van der Waals surface area (Å²) in [5, 5.41) is 1.17. The lowest BCUT2D eigenvalue weighted by molar-refractivity contribution is 0.0602. The Hall–Kier alpha value is -4.52. The van der Waals surface area contributed by atoms with Crippen LogP contribution < -0.4 is 10.5 Å². The topological polar surface area (TPSA) is 79.4 Å². The van der Waals surface area contributed by atoms with E-state index in [1.165, 1.54) is 7.11 Å². The molecule has 0 radical (unpaired) electrons. The molecule has 0 unspecified atom stereocenters. The van der Waals surface area contributed by atoms with E-state index >= 15 is 0 Å². The summed E-state index contributed by atoms with van der Waals surface area (Å²) in [5.41, 5.74) is 11.4. The summed E-state index contributed by atoms with van der Waals surface area (Å²) in [5.74, 6) is 1.55. The fraction of sp³-hybridized carbons (Fsp3) is 0.0909. The van der Waals surface area contributed by atoms with Crippen molar-refractivity contribution in [3.8, 4) is 33.9 Å². The Kier molecular flexibility index (Phi) is 8.43. The summed E-state index contributed by atoms with van der Waals surface area (Å²) in [6.07, 6.45) is 6.04. The van der Waals surface area contributed by atoms with Gasteiger partial charge in [0.25, 0.3) is 0 Å². The molecule has 6 nitrogen and oxygen atoms in total. The molecule has 5 rings (SSSR count). The molecule has 0 aliphatic heterocycles. The fourth-order valence-electron chi connectivity index (χ4n) is 4.35. The van der Waals surface area contributed by atoms with Crippen molar-refractivity contribution in [1.29, 1.82) is 0 Å². The number of anilines is 1. The van der Waals surface area contributed by atoms with Crippen molar-refractivity contribution < 1.29 is 14.3 Å². The number of benzene rings is 4. The number of aryl methyl sites for hydroxylation is 1. The zero-order valence-corrected chi connectivity index (χ0v) is 24.0. The van der Waals surface area contributed by atoms with Crippen molar-refractivity contribution in [2.24, 2.45) is 0 Å². The first-order chi connectivity index (χ1) is 19.8. The van der Waals surface area contributed by atoms with Gasteiger partial charge in [0.1, 0.15) is 17.3 Å². The molecule has 8 heteroatoms. The Morgan fingerprint density at radius 3 is 2.22 bits per heavy atom. The molecule has 0 saturated carbocycles. The van der Waals surface area contributed by atoms with Crippen LogP contribution in [0.1, 0.15) is 28.7 Å². The van der Waals surface area contributed by atoms with Crippen molar-refractivity contribution in [3.05, 3.63) is 118 Å². The highest BCUT2D eigenvalue weighted by atomic mass is 35.5. The molecule has 1 heterocycles. The summed E-state index contributed by atoms with van der Waals surface area (Å²) in [7, 11) is 1.32. The number of carbonyl (C=O) groups excluding carboxylic acids is 1. The molecule has 0 saturated heterocycles. The quantitative estimate of drug-likeness (QED) is 0.146. The van der Waals surface area contributed by atoms with Gasteiger partial charge in [0.15, 0.2) is 0 Å². The third-order valence-electron chi connectivity index (χ3n) is 6.54. The molecule has 0 aliphatic carbocycles. The van der Waals surface area contributed by atoms with Crippen molar-refractivity contribution in [2.75, 3.05) is 12.8 Å². The number of aromatic nitrogens is 2. The molecule has 1 aromatic heterocycles. The maximum atomic E-state index is 11.7. The van der Waals surface area contributed by atoms with Gasteiger partial charge in [-0.1, -0.05) is 65.7 Å². The fourth-order valence-corrected chi connectivity index (χ4v) is 4.86. The van der Waals surface area contributed by atoms with E-state index in [-0.39, 0.29) is 0 Å². The molecular formula is C33H27Cl2N3O3. The summed E-state index contributed by atoms with van der Waals surface area (Å²) in [6, 6.07) is 26.4. The number of methoxy groups -OCH3 is 1. The molecule has 4 aromatic carbocycles. The number of carbonyl (C=O) groups is 1. The minimum atomic E-state index is -0.485. The van der Waals surface area contributed by atoms with Gasteiger partial charge in [-0.15, -0.1) is 0 Å². The van der Waals surface area contributed by atoms with E-state index in [4.69, 9.17) is 43.4 Å². The summed E-state index contributed by atoms with van der Waals surface area (Å²) in [6.45, 7) is 2.86. The molecule has 2 N–H and O–H groups in total. The van der Waals surface area contributed by atoms with E-state index in [0.29, 0.717) is 32.8 Å². The Morgan fingerprint density at radius 1 is 0.902 bits per heavy atom. The molecule has 0 spiro atoms. The van der Waals surface area contributed by atoms with Crippen molar-refractivity contribution >= 4 is 47.0 Å². The van der Waals surface area contributed by atoms with Crippen LogP contribution in [-0.4, -0.2) is 22.6 Å². The van der Waals surface area contributed by atoms with Gasteiger partial charge >= 0.3 is 5.97 Å². The molecular weight excluding hydrogens is 557 g/mol. The Balaban J connectivity index is 1.27. The van der Waals surface area contributed by atoms with Crippen LogP contribution in [0.3, 0.4) is 0 Å². The Morgan fingerprint density at radius 2 is 1.59 bits per heavy atom. The van der Waals surface area contributed by atoms with Gasteiger partial charge in [-0.2, -0.15) is 0 Å². The van der Waals surface area contributed by atoms with Crippen LogP contribution in [0.5, 0.6) is 11.5 Å². The van der Waals surface area contributed by atoms with Crippen LogP contribution in [0, 0.1) is 0 Å². The summed E-state index contributed by atoms with van der Waals surface area (Å²) >= 11 is 12.5. The first kappa shape index (κ1) is 28.0. The highest BCUT2D eigenvalue weighted by molar-refractivity contribution is 6.36. The van der Waals surface area contributed by atoms with Crippen LogP contribution in [0.4, 0.5) is 5.69 Å². The van der Waals surface area contributed by atoms with Gasteiger partial charge in [0, 0.05) is 35.1 Å². The molecule has 0 fully saturated rings. The maximum absolute atomic E-state index is 11.7. The monoisotopic (exact) mass is 583 g/mol. The largest absolute Gasteiger partial charge is 0.465 e. The third kappa shape index (κ3) is 6.46. The Labute approximate surface area is 248 Å². The number of nitrogens with two attached hydrogens (primary N) is 1. The number of rotatable bonds is 8. The molecule has 0 atom stereocenters. The number of nitrogen functional groups attached to an aromatic ring is 1. The number of halogens is 2. The number of ether oxygens (including phenoxy) is 2. The van der Waals surface area contributed by atoms with E-state index in [2.05, 4.69) is 35.8 Å². The predicted molar refractivity (Wildman–Crippen MR) is 166 cm³/mol. The minimum Gasteiger partial charge on any atom is -0.465 e. The molecule has 41 heavy (non-hydrogen) atoms. The predicted octanol–water partition coefficient (Wildman–Crippen LogP) is 8.88. The van der Waals surface area contributed by atoms with Gasteiger partial charge in [-0.3, -0.25) is 0 Å². The standard InChI is InChI=1S/C33H27Cl2N3O3/c1-3-38-20-31(27-15-11-24(34)18-29(27)35)37-32(38)17-6-21-4-7-22(8-5-21)23-9-12-25(13-10-23)41-26-14-16-28(30(36)19-26)33(39)40-2/h4-20H,3,36H2,1-2H3/b17-6+. The van der Waals surface area contributed by atoms with Crippen LogP contribution in [-0.2, 0) is 11.3 Å². The minimum absolute atomic E-state index is 0.296. The molecule has 5 aromatic rings. The van der Waals surface area contributed by atoms with Gasteiger partial charge in [-0.05, 0) is 72.2 Å². The molecule has 206 valence electrons. The normalized spacial score (nSPS) is 11.1. The number of nitrogens with zero attached hydrogens (tertiary/aromatic N) is 2. The van der Waals surface area contributed by atoms with Crippen molar-refractivity contribution in [3.63, 3.8) is 0 Å². The van der Waals surface area contributed by atoms with Gasteiger partial charge in [-0.25, -0.2) is 9.78 Å². The van der Waals surface area contributed by atoms with Crippen LogP contribution in [0.2, 0.25) is 10.0 Å². The van der Waals surface area contributed by atoms with Crippen LogP contribution in [0.25, 0.3) is 34.5 Å². The second-order valence-corrected chi connectivity index (χ2v) is 10.1. The van der Waals surface area contributed by atoms with E-state index in [1.807, 2.05) is 54.7 Å².